The Labute approximate surface area is 123 Å². The number of carbonyl (C=O) groups is 2. The molecule has 1 heterocycles. The first-order chi connectivity index (χ1) is 9.97. The molecule has 0 saturated heterocycles. The molecule has 2 atom stereocenters. The highest BCUT2D eigenvalue weighted by molar-refractivity contribution is 5.95. The van der Waals surface area contributed by atoms with Gasteiger partial charge in [0.2, 0.25) is 5.91 Å². The van der Waals surface area contributed by atoms with Gasteiger partial charge in [0.1, 0.15) is 0 Å². The Morgan fingerprint density at radius 3 is 2.29 bits per heavy atom. The number of hydrogen-bond donors (Lipinski definition) is 2. The predicted octanol–water partition coefficient (Wildman–Crippen LogP) is 1.80. The van der Waals surface area contributed by atoms with Crippen molar-refractivity contribution in [2.75, 3.05) is 5.32 Å². The van der Waals surface area contributed by atoms with Crippen LogP contribution in [-0.4, -0.2) is 26.8 Å². The molecule has 114 valence electrons. The maximum Gasteiger partial charge on any atom is 0.307 e. The molecule has 0 spiro atoms. The molecule has 3 aliphatic carbocycles. The number of rotatable bonds is 3. The Morgan fingerprint density at radius 2 is 1.81 bits per heavy atom. The van der Waals surface area contributed by atoms with Crippen LogP contribution in [0.3, 0.4) is 0 Å². The highest BCUT2D eigenvalue weighted by atomic mass is 16.4. The van der Waals surface area contributed by atoms with Gasteiger partial charge in [-0.2, -0.15) is 5.10 Å². The van der Waals surface area contributed by atoms with Crippen molar-refractivity contribution >= 4 is 17.7 Å². The first-order valence-electron chi connectivity index (χ1n) is 7.51. The number of carbonyl (C=O) groups excluding carboxylic acids is 1. The SMILES string of the molecule is Cc1cc(NC(=O)[C@H]2C3CCC(CC3)[C@@H]2C(=O)O)nn1C. The van der Waals surface area contributed by atoms with Crippen LogP contribution in [-0.2, 0) is 16.6 Å². The van der Waals surface area contributed by atoms with Crippen molar-refractivity contribution in [1.29, 1.82) is 0 Å². The molecule has 1 aromatic heterocycles. The molecule has 21 heavy (non-hydrogen) atoms. The monoisotopic (exact) mass is 291 g/mol. The van der Waals surface area contributed by atoms with Gasteiger partial charge in [-0.25, -0.2) is 0 Å². The summed E-state index contributed by atoms with van der Waals surface area (Å²) in [5, 5.41) is 16.5. The third kappa shape index (κ3) is 2.43. The summed E-state index contributed by atoms with van der Waals surface area (Å²) in [5.41, 5.74) is 0.949. The van der Waals surface area contributed by atoms with Crippen LogP contribution in [0.5, 0.6) is 0 Å². The molecule has 0 unspecified atom stereocenters. The van der Waals surface area contributed by atoms with E-state index in [0.29, 0.717) is 5.82 Å². The van der Waals surface area contributed by atoms with Crippen LogP contribution in [0.4, 0.5) is 5.82 Å². The average Bonchev–Trinajstić information content (AvgIpc) is 2.77. The van der Waals surface area contributed by atoms with E-state index in [1.54, 1.807) is 10.7 Å². The van der Waals surface area contributed by atoms with E-state index < -0.39 is 17.8 Å². The van der Waals surface area contributed by atoms with E-state index in [9.17, 15) is 14.7 Å². The van der Waals surface area contributed by atoms with Crippen LogP contribution in [0.15, 0.2) is 6.07 Å². The molecule has 2 bridgehead atoms. The van der Waals surface area contributed by atoms with Gasteiger partial charge < -0.3 is 10.4 Å². The van der Waals surface area contributed by atoms with E-state index >= 15 is 0 Å². The van der Waals surface area contributed by atoms with Crippen LogP contribution < -0.4 is 5.32 Å². The van der Waals surface area contributed by atoms with Crippen molar-refractivity contribution in [2.45, 2.75) is 32.6 Å². The lowest BCUT2D eigenvalue weighted by atomic mass is 9.58. The van der Waals surface area contributed by atoms with Gasteiger partial charge in [0.25, 0.3) is 0 Å². The van der Waals surface area contributed by atoms with Crippen LogP contribution >= 0.6 is 0 Å². The molecule has 0 aromatic carbocycles. The number of fused-ring (bicyclic) bond motifs is 3. The van der Waals surface area contributed by atoms with Crippen LogP contribution in [0.25, 0.3) is 0 Å². The van der Waals surface area contributed by atoms with Crippen molar-refractivity contribution in [3.63, 3.8) is 0 Å². The van der Waals surface area contributed by atoms with Crippen molar-refractivity contribution in [1.82, 2.24) is 9.78 Å². The van der Waals surface area contributed by atoms with Crippen LogP contribution in [0.2, 0.25) is 0 Å². The number of hydrogen-bond acceptors (Lipinski definition) is 3. The zero-order chi connectivity index (χ0) is 15.1. The number of aromatic nitrogens is 2. The molecule has 1 aromatic rings. The maximum absolute atomic E-state index is 12.6. The number of anilines is 1. The van der Waals surface area contributed by atoms with Crippen molar-refractivity contribution in [2.24, 2.45) is 30.7 Å². The van der Waals surface area contributed by atoms with Gasteiger partial charge in [-0.15, -0.1) is 0 Å². The van der Waals surface area contributed by atoms with E-state index in [0.717, 1.165) is 31.4 Å². The number of aryl methyl sites for hydroxylation is 2. The van der Waals surface area contributed by atoms with E-state index in [1.165, 1.54) is 0 Å². The summed E-state index contributed by atoms with van der Waals surface area (Å²) in [6.07, 6.45) is 3.81. The number of nitrogens with zero attached hydrogens (tertiary/aromatic N) is 2. The fourth-order valence-electron chi connectivity index (χ4n) is 4.01. The maximum atomic E-state index is 12.6. The standard InChI is InChI=1S/C15H21N3O3/c1-8-7-11(17-18(8)2)16-14(19)12-9-3-5-10(6-4-9)13(12)15(20)21/h7,9-10,12-13H,3-6H2,1-2H3,(H,20,21)(H,16,17,19)/t9?,10?,12-,13-/m0/s1. The molecule has 6 heteroatoms. The van der Waals surface area contributed by atoms with Gasteiger partial charge in [0.05, 0.1) is 11.8 Å². The van der Waals surface area contributed by atoms with Crippen LogP contribution in [0.1, 0.15) is 31.4 Å². The lowest BCUT2D eigenvalue weighted by Crippen LogP contribution is -2.49. The number of nitrogens with one attached hydrogen (secondary N) is 1. The highest BCUT2D eigenvalue weighted by Crippen LogP contribution is 2.49. The minimum Gasteiger partial charge on any atom is -0.481 e. The molecule has 6 nitrogen and oxygen atoms in total. The Morgan fingerprint density at radius 1 is 1.24 bits per heavy atom. The highest BCUT2D eigenvalue weighted by Gasteiger charge is 2.50. The zero-order valence-corrected chi connectivity index (χ0v) is 12.4. The minimum absolute atomic E-state index is 0.147. The molecule has 1 amide bonds. The first kappa shape index (κ1) is 14.1. The molecule has 3 saturated carbocycles. The lowest BCUT2D eigenvalue weighted by Gasteiger charge is -2.45. The summed E-state index contributed by atoms with van der Waals surface area (Å²) in [6.45, 7) is 1.91. The molecule has 0 aliphatic heterocycles. The largest absolute Gasteiger partial charge is 0.481 e. The van der Waals surface area contributed by atoms with Gasteiger partial charge in [-0.05, 0) is 44.4 Å². The fourth-order valence-corrected chi connectivity index (χ4v) is 4.01. The number of carboxylic acids is 1. The first-order valence-corrected chi connectivity index (χ1v) is 7.51. The third-order valence-electron chi connectivity index (χ3n) is 5.17. The number of aliphatic carboxylic acids is 1. The van der Waals surface area contributed by atoms with E-state index in [-0.39, 0.29) is 17.7 Å². The van der Waals surface area contributed by atoms with Gasteiger partial charge in [0.15, 0.2) is 5.82 Å². The summed E-state index contributed by atoms with van der Waals surface area (Å²) < 4.78 is 1.69. The van der Waals surface area contributed by atoms with E-state index in [1.807, 2.05) is 14.0 Å². The summed E-state index contributed by atoms with van der Waals surface area (Å²) in [5.74, 6) is -1.13. The molecule has 3 aliphatic rings. The molecule has 4 rings (SSSR count). The second-order valence-electron chi connectivity index (χ2n) is 6.35. The summed E-state index contributed by atoms with van der Waals surface area (Å²) in [6, 6.07) is 1.80. The normalized spacial score (nSPS) is 31.1. The quantitative estimate of drug-likeness (QED) is 0.889. The molecule has 2 N–H and O–H groups in total. The molecule has 0 radical (unpaired) electrons. The fraction of sp³-hybridized carbons (Fsp3) is 0.667. The molecular weight excluding hydrogens is 270 g/mol. The summed E-state index contributed by atoms with van der Waals surface area (Å²) >= 11 is 0. The Hall–Kier alpha value is -1.85. The van der Waals surface area contributed by atoms with Gasteiger partial charge in [-0.3, -0.25) is 14.3 Å². The van der Waals surface area contributed by atoms with Gasteiger partial charge in [0, 0.05) is 18.8 Å². The Bertz CT molecular complexity index is 553. The summed E-state index contributed by atoms with van der Waals surface area (Å²) in [7, 11) is 1.81. The predicted molar refractivity (Wildman–Crippen MR) is 76.6 cm³/mol. The van der Waals surface area contributed by atoms with Crippen LogP contribution in [0, 0.1) is 30.6 Å². The number of amides is 1. The lowest BCUT2D eigenvalue weighted by molar-refractivity contribution is -0.156. The topological polar surface area (TPSA) is 84.2 Å². The minimum atomic E-state index is -0.832. The second kappa shape index (κ2) is 5.16. The molecular formula is C15H21N3O3. The molecule has 3 fully saturated rings. The van der Waals surface area contributed by atoms with Crippen molar-refractivity contribution in [3.8, 4) is 0 Å². The zero-order valence-electron chi connectivity index (χ0n) is 12.4. The Kier molecular flexibility index (Phi) is 3.47. The third-order valence-corrected chi connectivity index (χ3v) is 5.17. The Balaban J connectivity index is 1.80. The average molecular weight is 291 g/mol. The summed E-state index contributed by atoms with van der Waals surface area (Å²) in [4.78, 5) is 24.1. The van der Waals surface area contributed by atoms with Crippen molar-refractivity contribution in [3.05, 3.63) is 11.8 Å². The second-order valence-corrected chi connectivity index (χ2v) is 6.35. The van der Waals surface area contributed by atoms with E-state index in [2.05, 4.69) is 10.4 Å². The van der Waals surface area contributed by atoms with Gasteiger partial charge >= 0.3 is 5.97 Å². The van der Waals surface area contributed by atoms with E-state index in [4.69, 9.17) is 0 Å². The smallest absolute Gasteiger partial charge is 0.307 e. The van der Waals surface area contributed by atoms with Crippen molar-refractivity contribution < 1.29 is 14.7 Å². The van der Waals surface area contributed by atoms with Gasteiger partial charge in [-0.1, -0.05) is 0 Å². The number of carboxylic acid groups (broad SMARTS) is 1.